The predicted octanol–water partition coefficient (Wildman–Crippen LogP) is 3.34. The van der Waals surface area contributed by atoms with E-state index < -0.39 is 0 Å². The molecule has 0 saturated heterocycles. The molecule has 3 rings (SSSR count). The zero-order chi connectivity index (χ0) is 15.5. The van der Waals surface area contributed by atoms with E-state index in [2.05, 4.69) is 29.2 Å². The van der Waals surface area contributed by atoms with Crippen LogP contribution in [0.15, 0.2) is 48.8 Å². The van der Waals surface area contributed by atoms with Gasteiger partial charge in [0.15, 0.2) is 0 Å². The van der Waals surface area contributed by atoms with E-state index in [0.717, 1.165) is 24.0 Å². The Bertz CT molecular complexity index is 647. The highest BCUT2D eigenvalue weighted by Crippen LogP contribution is 2.39. The van der Waals surface area contributed by atoms with Gasteiger partial charge in [-0.3, -0.25) is 9.78 Å². The van der Waals surface area contributed by atoms with Crippen LogP contribution < -0.4 is 0 Å². The van der Waals surface area contributed by atoms with E-state index in [1.165, 1.54) is 5.56 Å². The van der Waals surface area contributed by atoms with Gasteiger partial charge in [0.2, 0.25) is 5.91 Å². The number of carbonyl (C=O) groups excluding carboxylic acids is 1. The summed E-state index contributed by atoms with van der Waals surface area (Å²) in [6.45, 7) is 2.00. The number of pyridine rings is 1. The number of hydrogen-bond donors (Lipinski definition) is 0. The second-order valence-corrected chi connectivity index (χ2v) is 6.28. The van der Waals surface area contributed by atoms with Crippen molar-refractivity contribution in [2.75, 3.05) is 7.05 Å². The first-order chi connectivity index (χ1) is 10.6. The molecule has 1 aliphatic carbocycles. The summed E-state index contributed by atoms with van der Waals surface area (Å²) in [7, 11) is 1.93. The van der Waals surface area contributed by atoms with Gasteiger partial charge in [0.1, 0.15) is 0 Å². The Balaban J connectivity index is 1.54. The third kappa shape index (κ3) is 3.19. The summed E-state index contributed by atoms with van der Waals surface area (Å²) in [5.41, 5.74) is 3.49. The Morgan fingerprint density at radius 1 is 1.23 bits per heavy atom. The van der Waals surface area contributed by atoms with Crippen molar-refractivity contribution in [2.24, 2.45) is 0 Å². The molecule has 0 bridgehead atoms. The quantitative estimate of drug-likeness (QED) is 0.866. The lowest BCUT2D eigenvalue weighted by atomic mass is 9.75. The number of aromatic nitrogens is 1. The van der Waals surface area contributed by atoms with Gasteiger partial charge in [-0.2, -0.15) is 0 Å². The minimum absolute atomic E-state index is 0.184. The van der Waals surface area contributed by atoms with Crippen LogP contribution in [0.3, 0.4) is 0 Å². The number of aryl methyl sites for hydroxylation is 1. The summed E-state index contributed by atoms with van der Waals surface area (Å²) < 4.78 is 0. The van der Waals surface area contributed by atoms with E-state index in [4.69, 9.17) is 0 Å². The molecule has 1 amide bonds. The zero-order valence-corrected chi connectivity index (χ0v) is 13.2. The van der Waals surface area contributed by atoms with Gasteiger partial charge in [-0.05, 0) is 42.4 Å². The van der Waals surface area contributed by atoms with Gasteiger partial charge in [-0.1, -0.05) is 36.4 Å². The monoisotopic (exact) mass is 294 g/mol. The second-order valence-electron chi connectivity index (χ2n) is 6.28. The van der Waals surface area contributed by atoms with Crippen molar-refractivity contribution in [1.82, 2.24) is 9.88 Å². The molecule has 1 aliphatic rings. The number of hydrogen-bond acceptors (Lipinski definition) is 2. The SMILES string of the molecule is Cc1cncc(CC(=O)N(C)C2CC(c3ccccc3)C2)c1. The van der Waals surface area contributed by atoms with Crippen molar-refractivity contribution in [3.63, 3.8) is 0 Å². The Hall–Kier alpha value is -2.16. The van der Waals surface area contributed by atoms with Crippen LogP contribution in [0.4, 0.5) is 0 Å². The summed E-state index contributed by atoms with van der Waals surface area (Å²) in [5.74, 6) is 0.783. The lowest BCUT2D eigenvalue weighted by molar-refractivity contribution is -0.133. The Labute approximate surface area is 132 Å². The maximum Gasteiger partial charge on any atom is 0.227 e. The van der Waals surface area contributed by atoms with Crippen LogP contribution in [0.2, 0.25) is 0 Å². The first kappa shape index (κ1) is 14.8. The number of amides is 1. The first-order valence-electron chi connectivity index (χ1n) is 7.84. The molecular weight excluding hydrogens is 272 g/mol. The van der Waals surface area contributed by atoms with E-state index in [1.54, 1.807) is 6.20 Å². The molecule has 2 aromatic rings. The van der Waals surface area contributed by atoms with E-state index in [-0.39, 0.29) is 5.91 Å². The van der Waals surface area contributed by atoms with Crippen LogP contribution in [0.25, 0.3) is 0 Å². The molecule has 1 aromatic heterocycles. The van der Waals surface area contributed by atoms with Crippen molar-refractivity contribution in [2.45, 2.75) is 38.1 Å². The zero-order valence-electron chi connectivity index (χ0n) is 13.2. The van der Waals surface area contributed by atoms with Crippen molar-refractivity contribution < 1.29 is 4.79 Å². The first-order valence-corrected chi connectivity index (χ1v) is 7.84. The summed E-state index contributed by atoms with van der Waals surface area (Å²) >= 11 is 0. The van der Waals surface area contributed by atoms with Crippen molar-refractivity contribution >= 4 is 5.91 Å². The summed E-state index contributed by atoms with van der Waals surface area (Å²) in [4.78, 5) is 18.5. The maximum absolute atomic E-state index is 12.4. The smallest absolute Gasteiger partial charge is 0.227 e. The van der Waals surface area contributed by atoms with E-state index >= 15 is 0 Å². The van der Waals surface area contributed by atoms with Gasteiger partial charge in [-0.15, -0.1) is 0 Å². The fourth-order valence-electron chi connectivity index (χ4n) is 3.12. The van der Waals surface area contributed by atoms with Crippen molar-refractivity contribution in [1.29, 1.82) is 0 Å². The van der Waals surface area contributed by atoms with Gasteiger partial charge < -0.3 is 4.90 Å². The molecule has 1 heterocycles. The number of likely N-dealkylation sites (N-methyl/N-ethyl adjacent to an activating group) is 1. The van der Waals surface area contributed by atoms with Crippen LogP contribution in [0.5, 0.6) is 0 Å². The third-order valence-electron chi connectivity index (χ3n) is 4.61. The van der Waals surface area contributed by atoms with Crippen LogP contribution in [0, 0.1) is 6.92 Å². The number of carbonyl (C=O) groups is 1. The van der Waals surface area contributed by atoms with Gasteiger partial charge in [0.05, 0.1) is 6.42 Å². The molecule has 114 valence electrons. The van der Waals surface area contributed by atoms with E-state index in [9.17, 15) is 4.79 Å². The second kappa shape index (κ2) is 6.30. The molecule has 0 radical (unpaired) electrons. The molecule has 1 saturated carbocycles. The van der Waals surface area contributed by atoms with E-state index in [1.807, 2.05) is 37.2 Å². The molecule has 0 atom stereocenters. The fourth-order valence-corrected chi connectivity index (χ4v) is 3.12. The minimum atomic E-state index is 0.184. The Morgan fingerprint density at radius 3 is 2.64 bits per heavy atom. The van der Waals surface area contributed by atoms with Crippen LogP contribution in [-0.2, 0) is 11.2 Å². The Kier molecular flexibility index (Phi) is 4.23. The average Bonchev–Trinajstić information content (AvgIpc) is 2.46. The molecule has 0 N–H and O–H groups in total. The topological polar surface area (TPSA) is 33.2 Å². The van der Waals surface area contributed by atoms with E-state index in [0.29, 0.717) is 18.4 Å². The predicted molar refractivity (Wildman–Crippen MR) is 87.7 cm³/mol. The minimum Gasteiger partial charge on any atom is -0.342 e. The van der Waals surface area contributed by atoms with Crippen LogP contribution >= 0.6 is 0 Å². The average molecular weight is 294 g/mol. The molecular formula is C19H22N2O. The Morgan fingerprint density at radius 2 is 1.95 bits per heavy atom. The highest BCUT2D eigenvalue weighted by Gasteiger charge is 2.34. The normalized spacial score (nSPS) is 20.3. The standard InChI is InChI=1S/C19H22N2O/c1-14-8-15(13-20-12-14)9-19(22)21(2)18-10-17(11-18)16-6-4-3-5-7-16/h3-8,12-13,17-18H,9-11H2,1-2H3. The lowest BCUT2D eigenvalue weighted by Crippen LogP contribution is -2.45. The van der Waals surface area contributed by atoms with Crippen molar-refractivity contribution in [3.8, 4) is 0 Å². The molecule has 0 spiro atoms. The van der Waals surface area contributed by atoms with Gasteiger partial charge >= 0.3 is 0 Å². The highest BCUT2D eigenvalue weighted by atomic mass is 16.2. The number of benzene rings is 1. The fraction of sp³-hybridized carbons (Fsp3) is 0.368. The lowest BCUT2D eigenvalue weighted by Gasteiger charge is -2.41. The molecule has 0 aliphatic heterocycles. The van der Waals surface area contributed by atoms with Crippen LogP contribution in [-0.4, -0.2) is 28.9 Å². The van der Waals surface area contributed by atoms with Crippen molar-refractivity contribution in [3.05, 3.63) is 65.5 Å². The molecule has 1 fully saturated rings. The molecule has 3 nitrogen and oxygen atoms in total. The van der Waals surface area contributed by atoms with Gasteiger partial charge in [0, 0.05) is 25.5 Å². The highest BCUT2D eigenvalue weighted by molar-refractivity contribution is 5.79. The largest absolute Gasteiger partial charge is 0.342 e. The molecule has 22 heavy (non-hydrogen) atoms. The molecule has 1 aromatic carbocycles. The molecule has 3 heteroatoms. The van der Waals surface area contributed by atoms with Gasteiger partial charge in [0.25, 0.3) is 0 Å². The number of nitrogens with zero attached hydrogens (tertiary/aromatic N) is 2. The van der Waals surface area contributed by atoms with Crippen LogP contribution in [0.1, 0.15) is 35.4 Å². The summed E-state index contributed by atoms with van der Waals surface area (Å²) in [5, 5.41) is 0. The van der Waals surface area contributed by atoms with Gasteiger partial charge in [-0.25, -0.2) is 0 Å². The third-order valence-corrected chi connectivity index (χ3v) is 4.61. The summed E-state index contributed by atoms with van der Waals surface area (Å²) in [6, 6.07) is 13.0. The number of rotatable bonds is 4. The maximum atomic E-state index is 12.4. The summed E-state index contributed by atoms with van der Waals surface area (Å²) in [6.07, 6.45) is 6.18. The molecule has 0 unspecified atom stereocenters.